The Labute approximate surface area is 141 Å². The second-order valence-corrected chi connectivity index (χ2v) is 6.35. The van der Waals surface area contributed by atoms with Crippen molar-refractivity contribution in [1.29, 1.82) is 0 Å². The van der Waals surface area contributed by atoms with E-state index in [2.05, 4.69) is 48.4 Å². The van der Waals surface area contributed by atoms with Gasteiger partial charge in [0.1, 0.15) is 18.2 Å². The third-order valence-corrected chi connectivity index (χ3v) is 4.82. The third-order valence-electron chi connectivity index (χ3n) is 4.82. The minimum Gasteiger partial charge on any atom is -0.486 e. The molecule has 1 unspecified atom stereocenters. The van der Waals surface area contributed by atoms with Gasteiger partial charge in [0.25, 0.3) is 0 Å². The third kappa shape index (κ3) is 2.50. The van der Waals surface area contributed by atoms with E-state index in [9.17, 15) is 0 Å². The molecule has 1 aromatic heterocycles. The molecule has 5 nitrogen and oxygen atoms in total. The molecule has 0 N–H and O–H groups in total. The molecule has 0 spiro atoms. The van der Waals surface area contributed by atoms with Crippen molar-refractivity contribution >= 4 is 11.0 Å². The summed E-state index contributed by atoms with van der Waals surface area (Å²) in [5.41, 5.74) is 4.40. The molecule has 4 rings (SSSR count). The van der Waals surface area contributed by atoms with Gasteiger partial charge in [-0.3, -0.25) is 0 Å². The summed E-state index contributed by atoms with van der Waals surface area (Å²) >= 11 is 0. The number of hydrogen-bond acceptors (Lipinski definition) is 4. The Kier molecular flexibility index (Phi) is 3.63. The van der Waals surface area contributed by atoms with Gasteiger partial charge in [0.05, 0.1) is 5.52 Å². The van der Waals surface area contributed by atoms with Crippen LogP contribution in [-0.4, -0.2) is 27.7 Å². The fourth-order valence-electron chi connectivity index (χ4n) is 3.14. The highest BCUT2D eigenvalue weighted by Crippen LogP contribution is 2.36. The highest BCUT2D eigenvalue weighted by molar-refractivity contribution is 5.75. The molecule has 0 saturated carbocycles. The number of nitrogens with zero attached hydrogens (tertiary/aromatic N) is 3. The van der Waals surface area contributed by atoms with E-state index in [0.717, 1.165) is 29.0 Å². The average Bonchev–Trinajstić information content (AvgIpc) is 3.00. The van der Waals surface area contributed by atoms with E-state index in [1.807, 2.05) is 19.2 Å². The molecule has 3 aromatic rings. The van der Waals surface area contributed by atoms with Crippen molar-refractivity contribution in [3.05, 3.63) is 47.5 Å². The van der Waals surface area contributed by atoms with E-state index in [1.54, 1.807) is 4.68 Å². The molecule has 0 fully saturated rings. The van der Waals surface area contributed by atoms with Crippen molar-refractivity contribution in [1.82, 2.24) is 15.0 Å². The first-order valence-corrected chi connectivity index (χ1v) is 8.37. The molecule has 124 valence electrons. The van der Waals surface area contributed by atoms with Crippen molar-refractivity contribution in [3.63, 3.8) is 0 Å². The van der Waals surface area contributed by atoms with Crippen LogP contribution in [0.2, 0.25) is 0 Å². The average molecular weight is 323 g/mol. The molecule has 2 aromatic carbocycles. The minimum absolute atomic E-state index is 0.0109. The van der Waals surface area contributed by atoms with E-state index in [1.165, 1.54) is 11.1 Å². The maximum atomic E-state index is 6.25. The molecular weight excluding hydrogens is 302 g/mol. The maximum Gasteiger partial charge on any atom is 0.162 e. The number of aromatic nitrogens is 3. The first kappa shape index (κ1) is 15.0. The van der Waals surface area contributed by atoms with Gasteiger partial charge < -0.3 is 9.47 Å². The Morgan fingerprint density at radius 3 is 2.92 bits per heavy atom. The zero-order valence-electron chi connectivity index (χ0n) is 14.2. The van der Waals surface area contributed by atoms with Crippen LogP contribution in [0.5, 0.6) is 11.5 Å². The predicted octanol–water partition coefficient (Wildman–Crippen LogP) is 3.47. The van der Waals surface area contributed by atoms with Crippen LogP contribution in [0.4, 0.5) is 0 Å². The fraction of sp³-hybridized carbons (Fsp3) is 0.368. The number of aryl methyl sites for hydroxylation is 2. The van der Waals surface area contributed by atoms with Crippen LogP contribution >= 0.6 is 0 Å². The summed E-state index contributed by atoms with van der Waals surface area (Å²) in [4.78, 5) is 0. The van der Waals surface area contributed by atoms with Crippen molar-refractivity contribution in [2.75, 3.05) is 6.61 Å². The second-order valence-electron chi connectivity index (χ2n) is 6.35. The molecule has 24 heavy (non-hydrogen) atoms. The number of rotatable bonds is 3. The van der Waals surface area contributed by atoms with E-state index in [0.29, 0.717) is 6.61 Å². The number of hydrogen-bond donors (Lipinski definition) is 0. The molecule has 0 amide bonds. The first-order valence-electron chi connectivity index (χ1n) is 8.37. The second kappa shape index (κ2) is 5.82. The Morgan fingerprint density at radius 2 is 2.08 bits per heavy atom. The van der Waals surface area contributed by atoms with Crippen LogP contribution in [0.3, 0.4) is 0 Å². The molecule has 1 aliphatic heterocycles. The van der Waals surface area contributed by atoms with Crippen LogP contribution in [-0.2, 0) is 13.5 Å². The van der Waals surface area contributed by atoms with Crippen LogP contribution < -0.4 is 9.47 Å². The Bertz CT molecular complexity index is 887. The molecular formula is C19H21N3O2. The van der Waals surface area contributed by atoms with Gasteiger partial charge in [-0.05, 0) is 41.8 Å². The van der Waals surface area contributed by atoms with Gasteiger partial charge in [0.15, 0.2) is 11.5 Å². The molecule has 0 radical (unpaired) electrons. The molecule has 0 saturated heterocycles. The Morgan fingerprint density at radius 1 is 1.21 bits per heavy atom. The lowest BCUT2D eigenvalue weighted by atomic mass is 9.94. The zero-order chi connectivity index (χ0) is 16.7. The maximum absolute atomic E-state index is 6.25. The largest absolute Gasteiger partial charge is 0.486 e. The van der Waals surface area contributed by atoms with Gasteiger partial charge in [-0.2, -0.15) is 0 Å². The summed E-state index contributed by atoms with van der Waals surface area (Å²) in [5.74, 6) is 1.89. The summed E-state index contributed by atoms with van der Waals surface area (Å²) in [6.07, 6.45) is 0.976. The monoisotopic (exact) mass is 323 g/mol. The van der Waals surface area contributed by atoms with Crippen molar-refractivity contribution in [2.24, 2.45) is 7.05 Å². The lowest BCUT2D eigenvalue weighted by molar-refractivity contribution is 0.0748. The molecule has 2 heterocycles. The summed E-state index contributed by atoms with van der Waals surface area (Å²) < 4.78 is 14.0. The standard InChI is InChI=1S/C19H21N3O2/c1-4-13-5-8-17-18(9-13)24-19(11-23-17)12(2)14-6-7-15-16(10-14)22(3)21-20-15/h5-10,12,19H,4,11H2,1-3H3/t12-,19?/m1/s1. The van der Waals surface area contributed by atoms with Gasteiger partial charge in [-0.15, -0.1) is 5.10 Å². The smallest absolute Gasteiger partial charge is 0.162 e. The van der Waals surface area contributed by atoms with Gasteiger partial charge in [0, 0.05) is 13.0 Å². The predicted molar refractivity (Wildman–Crippen MR) is 92.7 cm³/mol. The zero-order valence-corrected chi connectivity index (χ0v) is 14.2. The summed E-state index contributed by atoms with van der Waals surface area (Å²) in [6, 6.07) is 12.4. The van der Waals surface area contributed by atoms with E-state index >= 15 is 0 Å². The minimum atomic E-state index is -0.0109. The number of benzene rings is 2. The SMILES string of the molecule is CCc1ccc2c(c1)OC([C@H](C)c1ccc3nnn(C)c3c1)CO2. The highest BCUT2D eigenvalue weighted by Gasteiger charge is 2.27. The van der Waals surface area contributed by atoms with Crippen LogP contribution in [0, 0.1) is 0 Å². The van der Waals surface area contributed by atoms with Crippen molar-refractivity contribution in [3.8, 4) is 11.5 Å². The quantitative estimate of drug-likeness (QED) is 0.740. The van der Waals surface area contributed by atoms with Gasteiger partial charge in [-0.1, -0.05) is 31.2 Å². The van der Waals surface area contributed by atoms with Gasteiger partial charge >= 0.3 is 0 Å². The molecule has 2 atom stereocenters. The van der Waals surface area contributed by atoms with E-state index < -0.39 is 0 Å². The molecule has 5 heteroatoms. The topological polar surface area (TPSA) is 49.2 Å². The summed E-state index contributed by atoms with van der Waals surface area (Å²) in [6.45, 7) is 4.87. The number of ether oxygens (including phenoxy) is 2. The molecule has 0 aliphatic carbocycles. The summed E-state index contributed by atoms with van der Waals surface area (Å²) in [7, 11) is 1.91. The number of fused-ring (bicyclic) bond motifs is 2. The highest BCUT2D eigenvalue weighted by atomic mass is 16.6. The summed E-state index contributed by atoms with van der Waals surface area (Å²) in [5, 5.41) is 8.21. The van der Waals surface area contributed by atoms with Crippen LogP contribution in [0.25, 0.3) is 11.0 Å². The Hall–Kier alpha value is -2.56. The van der Waals surface area contributed by atoms with Gasteiger partial charge in [-0.25, -0.2) is 4.68 Å². The van der Waals surface area contributed by atoms with E-state index in [-0.39, 0.29) is 12.0 Å². The first-order chi connectivity index (χ1) is 11.7. The van der Waals surface area contributed by atoms with Crippen molar-refractivity contribution < 1.29 is 9.47 Å². The van der Waals surface area contributed by atoms with Gasteiger partial charge in [0.2, 0.25) is 0 Å². The molecule has 0 bridgehead atoms. The van der Waals surface area contributed by atoms with Crippen molar-refractivity contribution in [2.45, 2.75) is 32.3 Å². The fourth-order valence-corrected chi connectivity index (χ4v) is 3.14. The van der Waals surface area contributed by atoms with Crippen LogP contribution in [0.15, 0.2) is 36.4 Å². The Balaban J connectivity index is 1.61. The normalized spacial score (nSPS) is 17.9. The lowest BCUT2D eigenvalue weighted by Crippen LogP contribution is -2.33. The molecule has 1 aliphatic rings. The van der Waals surface area contributed by atoms with E-state index in [4.69, 9.17) is 9.47 Å². The van der Waals surface area contributed by atoms with Crippen LogP contribution in [0.1, 0.15) is 30.9 Å². The lowest BCUT2D eigenvalue weighted by Gasteiger charge is -2.31.